The maximum absolute atomic E-state index is 13.0. The zero-order valence-corrected chi connectivity index (χ0v) is 65.8. The predicted octanol–water partition coefficient (Wildman–Crippen LogP) is 27.8. The summed E-state index contributed by atoms with van der Waals surface area (Å²) in [6.45, 7) is 4.96. The van der Waals surface area contributed by atoms with Gasteiger partial charge in [-0.15, -0.1) is 0 Å². The van der Waals surface area contributed by atoms with Crippen LogP contribution >= 0.6 is 0 Å². The first-order chi connectivity index (χ1) is 47.6. The van der Waals surface area contributed by atoms with Gasteiger partial charge in [0.05, 0.1) is 34.4 Å². The Bertz CT molecular complexity index is 1690. The largest absolute Gasteiger partial charge is 0.477 e. The highest BCUT2D eigenvalue weighted by atomic mass is 16.7. The van der Waals surface area contributed by atoms with Gasteiger partial charge in [-0.25, -0.2) is 4.79 Å². The van der Waals surface area contributed by atoms with Crippen molar-refractivity contribution in [2.24, 2.45) is 0 Å². The van der Waals surface area contributed by atoms with Gasteiger partial charge >= 0.3 is 17.9 Å². The van der Waals surface area contributed by atoms with E-state index in [1.54, 1.807) is 0 Å². The van der Waals surface area contributed by atoms with Gasteiger partial charge in [0.1, 0.15) is 13.2 Å². The minimum Gasteiger partial charge on any atom is -0.477 e. The topological polar surface area (TPSA) is 108 Å². The Kier molecular flexibility index (Phi) is 77.2. The first-order valence-corrected chi connectivity index (χ1v) is 43.2. The van der Waals surface area contributed by atoms with E-state index < -0.39 is 18.4 Å². The van der Waals surface area contributed by atoms with E-state index in [1.807, 2.05) is 21.1 Å². The van der Waals surface area contributed by atoms with Gasteiger partial charge in [-0.2, -0.15) is 0 Å². The standard InChI is InChI=1S/C88H167NO8/c1-6-8-10-12-14-16-18-20-22-24-26-28-30-32-34-36-38-40-41-42-43-44-45-47-49-51-53-55-57-59-61-63-65-67-69-71-73-75-77-79-86(91)97-84(83-96-88(87(92)93)94-81-80-89(3,4)5)82-95-85(90)78-76-74-72-70-68-66-64-62-60-58-56-54-52-50-48-46-39-37-35-33-31-29-27-25-23-21-19-17-15-13-11-9-7-2/h18,20,24,26,30,32,84,88H,6-17,19,21-23,25,27-29,31,33-83H2,1-5H3/p+1/b20-18-,26-24-,32-30-. The van der Waals surface area contributed by atoms with Crippen molar-refractivity contribution in [3.05, 3.63) is 36.5 Å². The number of rotatable bonds is 82. The van der Waals surface area contributed by atoms with Gasteiger partial charge < -0.3 is 28.5 Å². The molecule has 9 heteroatoms. The Balaban J connectivity index is 3.92. The van der Waals surface area contributed by atoms with Crippen molar-refractivity contribution in [1.82, 2.24) is 0 Å². The van der Waals surface area contributed by atoms with Crippen LogP contribution in [-0.4, -0.2) is 87.4 Å². The molecule has 0 fully saturated rings. The second-order valence-electron chi connectivity index (χ2n) is 30.9. The Morgan fingerprint density at radius 1 is 0.309 bits per heavy atom. The molecule has 2 unspecified atom stereocenters. The number of carbonyl (C=O) groups excluding carboxylic acids is 2. The molecule has 0 radical (unpaired) electrons. The smallest absolute Gasteiger partial charge is 0.361 e. The molecule has 2 atom stereocenters. The molecule has 0 aromatic rings. The monoisotopic (exact) mass is 1370 g/mol. The fraction of sp³-hybridized carbons (Fsp3) is 0.898. The van der Waals surface area contributed by atoms with E-state index >= 15 is 0 Å². The lowest BCUT2D eigenvalue weighted by molar-refractivity contribution is -0.870. The molecule has 0 spiro atoms. The first-order valence-electron chi connectivity index (χ1n) is 43.2. The summed E-state index contributed by atoms with van der Waals surface area (Å²) in [4.78, 5) is 37.8. The molecule has 0 bridgehead atoms. The summed E-state index contributed by atoms with van der Waals surface area (Å²) in [5.41, 5.74) is 0. The Hall–Kier alpha value is -2.49. The summed E-state index contributed by atoms with van der Waals surface area (Å²) in [5, 5.41) is 9.79. The Morgan fingerprint density at radius 2 is 0.557 bits per heavy atom. The number of ether oxygens (including phenoxy) is 4. The molecule has 0 aliphatic heterocycles. The van der Waals surface area contributed by atoms with Crippen molar-refractivity contribution in [2.75, 3.05) is 47.5 Å². The molecule has 97 heavy (non-hydrogen) atoms. The molecule has 0 aromatic carbocycles. The zero-order valence-electron chi connectivity index (χ0n) is 65.8. The van der Waals surface area contributed by atoms with Crippen molar-refractivity contribution in [3.63, 3.8) is 0 Å². The van der Waals surface area contributed by atoms with Gasteiger partial charge in [0.15, 0.2) is 6.10 Å². The summed E-state index contributed by atoms with van der Waals surface area (Å²) >= 11 is 0. The first kappa shape index (κ1) is 94.5. The quantitative estimate of drug-likeness (QED) is 0.0211. The summed E-state index contributed by atoms with van der Waals surface area (Å²) in [6.07, 6.45) is 100. The van der Waals surface area contributed by atoms with E-state index in [0.29, 0.717) is 17.4 Å². The number of allylic oxidation sites excluding steroid dienone is 6. The fourth-order valence-corrected chi connectivity index (χ4v) is 13.3. The third-order valence-corrected chi connectivity index (χ3v) is 19.9. The Labute approximate surface area is 604 Å². The van der Waals surface area contributed by atoms with Crippen LogP contribution in [0.2, 0.25) is 0 Å². The average molecular weight is 1370 g/mol. The number of carbonyl (C=O) groups is 3. The number of carboxylic acids is 1. The van der Waals surface area contributed by atoms with Crippen LogP contribution < -0.4 is 0 Å². The van der Waals surface area contributed by atoms with E-state index in [1.165, 1.54) is 372 Å². The number of nitrogens with zero attached hydrogens (tertiary/aromatic N) is 1. The lowest BCUT2D eigenvalue weighted by Gasteiger charge is -2.25. The SMILES string of the molecule is CCCCCCC/C=C\C/C=C\C/C=C\CCCCCCCCCCCCCCCCCCCCCCCCCCC(=O)OC(COC(=O)CCCCCCCCCCCCCCCCCCCCCCCCCCCCCCCCCCC)COC(OCC[N+](C)(C)C)C(=O)O. The number of esters is 2. The van der Waals surface area contributed by atoms with Gasteiger partial charge in [0.2, 0.25) is 0 Å². The molecule has 0 aliphatic carbocycles. The molecule has 0 amide bonds. The van der Waals surface area contributed by atoms with Crippen LogP contribution in [-0.2, 0) is 33.3 Å². The van der Waals surface area contributed by atoms with E-state index in [2.05, 4.69) is 50.3 Å². The van der Waals surface area contributed by atoms with Crippen LogP contribution in [0, 0.1) is 0 Å². The second-order valence-corrected chi connectivity index (χ2v) is 30.9. The fourth-order valence-electron chi connectivity index (χ4n) is 13.3. The zero-order chi connectivity index (χ0) is 70.4. The van der Waals surface area contributed by atoms with Crippen LogP contribution in [0.3, 0.4) is 0 Å². The van der Waals surface area contributed by atoms with Gasteiger partial charge in [0, 0.05) is 12.8 Å². The number of quaternary nitrogens is 1. The van der Waals surface area contributed by atoms with Crippen molar-refractivity contribution < 1.29 is 42.9 Å². The van der Waals surface area contributed by atoms with E-state index in [-0.39, 0.29) is 38.2 Å². The molecule has 0 saturated heterocycles. The van der Waals surface area contributed by atoms with Crippen molar-refractivity contribution in [3.8, 4) is 0 Å². The highest BCUT2D eigenvalue weighted by Gasteiger charge is 2.25. The molecular formula is C88H168NO8+. The molecule has 0 heterocycles. The van der Waals surface area contributed by atoms with E-state index in [0.717, 1.165) is 51.4 Å². The minimum atomic E-state index is -1.51. The number of hydrogen-bond donors (Lipinski definition) is 1. The highest BCUT2D eigenvalue weighted by molar-refractivity contribution is 5.71. The van der Waals surface area contributed by atoms with Crippen LogP contribution in [0.25, 0.3) is 0 Å². The van der Waals surface area contributed by atoms with Crippen LogP contribution in [0.5, 0.6) is 0 Å². The average Bonchev–Trinajstić information content (AvgIpc) is 2.39. The molecule has 0 rings (SSSR count). The summed E-state index contributed by atoms with van der Waals surface area (Å²) < 4.78 is 23.1. The van der Waals surface area contributed by atoms with E-state index in [4.69, 9.17) is 18.9 Å². The number of unbranched alkanes of at least 4 members (excludes halogenated alkanes) is 61. The summed E-state index contributed by atoms with van der Waals surface area (Å²) in [6, 6.07) is 0. The number of hydrogen-bond acceptors (Lipinski definition) is 7. The van der Waals surface area contributed by atoms with Crippen LogP contribution in [0.4, 0.5) is 0 Å². The summed E-state index contributed by atoms with van der Waals surface area (Å²) in [5.74, 6) is -1.97. The van der Waals surface area contributed by atoms with Crippen LogP contribution in [0.1, 0.15) is 450 Å². The third kappa shape index (κ3) is 80.7. The van der Waals surface area contributed by atoms with Gasteiger partial charge in [-0.05, 0) is 51.4 Å². The number of likely N-dealkylation sites (N-methyl/N-ethyl adjacent to an activating group) is 1. The Morgan fingerprint density at radius 3 is 0.825 bits per heavy atom. The molecule has 572 valence electrons. The van der Waals surface area contributed by atoms with Crippen molar-refractivity contribution in [1.29, 1.82) is 0 Å². The molecule has 9 nitrogen and oxygen atoms in total. The van der Waals surface area contributed by atoms with E-state index in [9.17, 15) is 19.5 Å². The van der Waals surface area contributed by atoms with Crippen LogP contribution in [0.15, 0.2) is 36.5 Å². The number of carboxylic acid groups (broad SMARTS) is 1. The maximum atomic E-state index is 13.0. The van der Waals surface area contributed by atoms with Crippen molar-refractivity contribution >= 4 is 17.9 Å². The number of aliphatic carboxylic acids is 1. The summed E-state index contributed by atoms with van der Waals surface area (Å²) in [7, 11) is 6.00. The lowest BCUT2D eigenvalue weighted by Crippen LogP contribution is -2.40. The van der Waals surface area contributed by atoms with Gasteiger partial charge in [-0.1, -0.05) is 423 Å². The molecule has 0 aromatic heterocycles. The maximum Gasteiger partial charge on any atom is 0.361 e. The predicted molar refractivity (Wildman–Crippen MR) is 420 cm³/mol. The molecule has 0 saturated carbocycles. The van der Waals surface area contributed by atoms with Gasteiger partial charge in [-0.3, -0.25) is 9.59 Å². The van der Waals surface area contributed by atoms with Crippen molar-refractivity contribution in [2.45, 2.75) is 463 Å². The second kappa shape index (κ2) is 79.2. The highest BCUT2D eigenvalue weighted by Crippen LogP contribution is 2.21. The molecule has 0 aliphatic rings. The van der Waals surface area contributed by atoms with Gasteiger partial charge in [0.25, 0.3) is 6.29 Å². The normalized spacial score (nSPS) is 12.7. The molecule has 1 N–H and O–H groups in total. The molecular weight excluding hydrogens is 1200 g/mol. The minimum absolute atomic E-state index is 0.174. The lowest BCUT2D eigenvalue weighted by atomic mass is 10.0. The third-order valence-electron chi connectivity index (χ3n) is 19.9.